The molecular formula is C24H28ClFN6O. The van der Waals surface area contributed by atoms with Gasteiger partial charge in [-0.25, -0.2) is 14.4 Å². The summed E-state index contributed by atoms with van der Waals surface area (Å²) in [6.07, 6.45) is 7.06. The summed E-state index contributed by atoms with van der Waals surface area (Å²) in [5.74, 6) is 0.892. The number of benzene rings is 1. The number of hydrogen-bond donors (Lipinski definition) is 1. The van der Waals surface area contributed by atoms with E-state index in [0.29, 0.717) is 24.5 Å². The van der Waals surface area contributed by atoms with Crippen LogP contribution in [0.15, 0.2) is 24.5 Å². The molecule has 1 N–H and O–H groups in total. The van der Waals surface area contributed by atoms with E-state index < -0.39 is 6.17 Å². The third-order valence-electron chi connectivity index (χ3n) is 7.30. The summed E-state index contributed by atoms with van der Waals surface area (Å²) in [4.78, 5) is 11.5. The summed E-state index contributed by atoms with van der Waals surface area (Å²) in [5, 5.41) is 9.50. The second-order valence-corrected chi connectivity index (χ2v) is 9.91. The third-order valence-corrected chi connectivity index (χ3v) is 7.63. The van der Waals surface area contributed by atoms with Gasteiger partial charge in [-0.15, -0.1) is 0 Å². The second-order valence-electron chi connectivity index (χ2n) is 9.50. The minimum absolute atomic E-state index is 0.105. The molecule has 0 amide bonds. The van der Waals surface area contributed by atoms with Crippen LogP contribution in [-0.4, -0.2) is 63.2 Å². The van der Waals surface area contributed by atoms with Crippen LogP contribution in [0.25, 0.3) is 10.9 Å². The van der Waals surface area contributed by atoms with E-state index in [1.807, 2.05) is 18.5 Å². The Bertz CT molecular complexity index is 1170. The molecule has 174 valence electrons. The van der Waals surface area contributed by atoms with Gasteiger partial charge in [-0.1, -0.05) is 11.6 Å². The Morgan fingerprint density at radius 1 is 1.12 bits per heavy atom. The van der Waals surface area contributed by atoms with Gasteiger partial charge < -0.3 is 10.1 Å². The zero-order chi connectivity index (χ0) is 22.5. The molecule has 9 heteroatoms. The Hall–Kier alpha value is -2.29. The highest BCUT2D eigenvalue weighted by molar-refractivity contribution is 6.32. The van der Waals surface area contributed by atoms with Gasteiger partial charge in [0.1, 0.15) is 6.17 Å². The maximum absolute atomic E-state index is 14.1. The van der Waals surface area contributed by atoms with Gasteiger partial charge in [0.05, 0.1) is 48.4 Å². The fourth-order valence-electron chi connectivity index (χ4n) is 5.19. The first-order valence-corrected chi connectivity index (χ1v) is 12.2. The molecule has 1 aliphatic carbocycles. The van der Waals surface area contributed by atoms with E-state index in [0.717, 1.165) is 58.8 Å². The molecule has 1 aromatic carbocycles. The molecule has 2 atom stereocenters. The van der Waals surface area contributed by atoms with Gasteiger partial charge in [-0.05, 0) is 69.3 Å². The summed E-state index contributed by atoms with van der Waals surface area (Å²) >= 11 is 6.68. The second kappa shape index (κ2) is 8.49. The molecule has 3 fully saturated rings. The number of nitrogens with one attached hydrogen (secondary N) is 1. The fourth-order valence-corrected chi connectivity index (χ4v) is 5.51. The first-order chi connectivity index (χ1) is 16.1. The molecule has 2 saturated heterocycles. The van der Waals surface area contributed by atoms with Crippen LogP contribution in [-0.2, 0) is 4.74 Å². The molecule has 3 aromatic rings. The molecule has 2 aromatic heterocycles. The van der Waals surface area contributed by atoms with Crippen LogP contribution in [0.2, 0.25) is 5.02 Å². The fraction of sp³-hybridized carbons (Fsp3) is 0.542. The molecule has 33 heavy (non-hydrogen) atoms. The summed E-state index contributed by atoms with van der Waals surface area (Å²) in [6, 6.07) is 4.49. The van der Waals surface area contributed by atoms with Crippen molar-refractivity contribution in [3.63, 3.8) is 0 Å². The Labute approximate surface area is 197 Å². The van der Waals surface area contributed by atoms with Crippen LogP contribution < -0.4 is 5.32 Å². The summed E-state index contributed by atoms with van der Waals surface area (Å²) in [5.41, 5.74) is 4.03. The van der Waals surface area contributed by atoms with Gasteiger partial charge in [0.25, 0.3) is 0 Å². The van der Waals surface area contributed by atoms with Crippen LogP contribution in [0.4, 0.5) is 16.0 Å². The lowest BCUT2D eigenvalue weighted by atomic mass is 9.88. The average Bonchev–Trinajstić information content (AvgIpc) is 3.47. The van der Waals surface area contributed by atoms with E-state index in [2.05, 4.69) is 38.0 Å². The van der Waals surface area contributed by atoms with Crippen LogP contribution in [0.5, 0.6) is 0 Å². The summed E-state index contributed by atoms with van der Waals surface area (Å²) in [6.45, 7) is 4.50. The highest BCUT2D eigenvalue weighted by Crippen LogP contribution is 2.38. The molecular weight excluding hydrogens is 443 g/mol. The van der Waals surface area contributed by atoms with Crippen LogP contribution in [0.1, 0.15) is 48.9 Å². The number of ether oxygens (including phenoxy) is 1. The lowest BCUT2D eigenvalue weighted by Crippen LogP contribution is -2.45. The van der Waals surface area contributed by atoms with Crippen molar-refractivity contribution < 1.29 is 9.13 Å². The molecule has 2 unspecified atom stereocenters. The molecule has 4 heterocycles. The number of fused-ring (bicyclic) bond motifs is 1. The van der Waals surface area contributed by atoms with Crippen molar-refractivity contribution in [1.82, 2.24) is 24.6 Å². The standard InChI is InChI=1S/C24H28ClFN6O/c1-14-22(11-28-32(14)17-2-3-17)30-24-27-10-16-8-19(25)18(9-21(16)29-24)15-4-6-31(7-5-15)23-13-33-12-20(23)26/h8-11,15,17,20,23H,2-7,12-13H2,1H3,(H,27,29,30). The van der Waals surface area contributed by atoms with Crippen molar-refractivity contribution in [2.75, 3.05) is 31.6 Å². The van der Waals surface area contributed by atoms with Gasteiger partial charge in [-0.2, -0.15) is 5.10 Å². The number of hydrogen-bond acceptors (Lipinski definition) is 6. The third kappa shape index (κ3) is 4.09. The minimum Gasteiger partial charge on any atom is -0.377 e. The maximum atomic E-state index is 14.1. The van der Waals surface area contributed by atoms with Crippen molar-refractivity contribution in [3.05, 3.63) is 40.8 Å². The van der Waals surface area contributed by atoms with Gasteiger partial charge in [-0.3, -0.25) is 9.58 Å². The molecule has 6 rings (SSSR count). The van der Waals surface area contributed by atoms with Crippen molar-refractivity contribution in [1.29, 1.82) is 0 Å². The van der Waals surface area contributed by atoms with Crippen molar-refractivity contribution in [3.8, 4) is 0 Å². The summed E-state index contributed by atoms with van der Waals surface area (Å²) < 4.78 is 21.5. The Kier molecular flexibility index (Phi) is 5.47. The van der Waals surface area contributed by atoms with Gasteiger partial charge in [0, 0.05) is 16.6 Å². The quantitative estimate of drug-likeness (QED) is 0.578. The lowest BCUT2D eigenvalue weighted by Gasteiger charge is -2.36. The summed E-state index contributed by atoms with van der Waals surface area (Å²) in [7, 11) is 0. The predicted molar refractivity (Wildman–Crippen MR) is 126 cm³/mol. The van der Waals surface area contributed by atoms with Gasteiger partial charge in [0.2, 0.25) is 5.95 Å². The van der Waals surface area contributed by atoms with Crippen molar-refractivity contribution in [2.45, 2.75) is 56.8 Å². The zero-order valence-corrected chi connectivity index (χ0v) is 19.4. The van der Waals surface area contributed by atoms with E-state index in [9.17, 15) is 4.39 Å². The first kappa shape index (κ1) is 21.3. The molecule has 1 saturated carbocycles. The Balaban J connectivity index is 1.20. The van der Waals surface area contributed by atoms with E-state index in [1.54, 1.807) is 0 Å². The molecule has 0 spiro atoms. The number of piperidine rings is 1. The molecule has 3 aliphatic rings. The topological polar surface area (TPSA) is 68.1 Å². The SMILES string of the molecule is Cc1c(Nc2ncc3cc(Cl)c(C4CCN(C5COCC5F)CC4)cc3n2)cnn1C1CC1. The van der Waals surface area contributed by atoms with Gasteiger partial charge >= 0.3 is 0 Å². The Morgan fingerprint density at radius 2 is 1.94 bits per heavy atom. The van der Waals surface area contributed by atoms with Crippen molar-refractivity contribution >= 4 is 34.1 Å². The van der Waals surface area contributed by atoms with Crippen LogP contribution in [0.3, 0.4) is 0 Å². The molecule has 0 bridgehead atoms. The number of anilines is 2. The molecule has 2 aliphatic heterocycles. The highest BCUT2D eigenvalue weighted by Gasteiger charge is 2.35. The van der Waals surface area contributed by atoms with E-state index in [4.69, 9.17) is 21.3 Å². The normalized spacial score (nSPS) is 24.6. The van der Waals surface area contributed by atoms with Crippen LogP contribution >= 0.6 is 11.6 Å². The monoisotopic (exact) mass is 470 g/mol. The van der Waals surface area contributed by atoms with E-state index in [1.165, 1.54) is 12.8 Å². The van der Waals surface area contributed by atoms with Crippen LogP contribution in [0, 0.1) is 6.92 Å². The predicted octanol–water partition coefficient (Wildman–Crippen LogP) is 4.78. The van der Waals surface area contributed by atoms with E-state index in [-0.39, 0.29) is 12.6 Å². The Morgan fingerprint density at radius 3 is 2.67 bits per heavy atom. The van der Waals surface area contributed by atoms with E-state index >= 15 is 0 Å². The van der Waals surface area contributed by atoms with Crippen molar-refractivity contribution in [2.24, 2.45) is 0 Å². The van der Waals surface area contributed by atoms with Gasteiger partial charge in [0.15, 0.2) is 0 Å². The highest BCUT2D eigenvalue weighted by atomic mass is 35.5. The number of aromatic nitrogens is 4. The average molecular weight is 471 g/mol. The largest absolute Gasteiger partial charge is 0.377 e. The lowest BCUT2D eigenvalue weighted by molar-refractivity contribution is 0.106. The maximum Gasteiger partial charge on any atom is 0.227 e. The number of likely N-dealkylation sites (tertiary alicyclic amines) is 1. The number of rotatable bonds is 5. The number of nitrogens with zero attached hydrogens (tertiary/aromatic N) is 5. The molecule has 0 radical (unpaired) electrons. The smallest absolute Gasteiger partial charge is 0.227 e. The number of alkyl halides is 1. The zero-order valence-electron chi connectivity index (χ0n) is 18.7. The first-order valence-electron chi connectivity index (χ1n) is 11.8. The minimum atomic E-state index is -0.881. The molecule has 7 nitrogen and oxygen atoms in total. The number of halogens is 2.